The summed E-state index contributed by atoms with van der Waals surface area (Å²) in [6.07, 6.45) is -14.4. The van der Waals surface area contributed by atoms with E-state index in [0.29, 0.717) is 28.7 Å². The fraction of sp³-hybridized carbons (Fsp3) is 0.405. The van der Waals surface area contributed by atoms with E-state index in [0.717, 1.165) is 22.8 Å². The van der Waals surface area contributed by atoms with Crippen molar-refractivity contribution in [2.24, 2.45) is 0 Å². The number of anilines is 1. The van der Waals surface area contributed by atoms with Gasteiger partial charge in [-0.05, 0) is 87.2 Å². The lowest BCUT2D eigenvalue weighted by Gasteiger charge is -2.42. The largest absolute Gasteiger partial charge is 0.497 e. The Hall–Kier alpha value is -5.81. The summed E-state index contributed by atoms with van der Waals surface area (Å²) < 4.78 is 144. The van der Waals surface area contributed by atoms with Crippen LogP contribution < -0.4 is 19.1 Å². The van der Waals surface area contributed by atoms with Crippen LogP contribution in [0.2, 0.25) is 0 Å². The molecule has 320 valence electrons. The van der Waals surface area contributed by atoms with E-state index in [2.05, 4.69) is 4.98 Å². The van der Waals surface area contributed by atoms with Crippen LogP contribution >= 0.6 is 0 Å². The quantitative estimate of drug-likeness (QED) is 0.162. The maximum Gasteiger partial charge on any atom is 0.427 e. The summed E-state index contributed by atoms with van der Waals surface area (Å²) in [5.74, 6) is -3.99. The summed E-state index contributed by atoms with van der Waals surface area (Å²) in [5.41, 5.74) is -5.72. The summed E-state index contributed by atoms with van der Waals surface area (Å²) in [7, 11) is 2.92. The molecule has 0 aliphatic carbocycles. The second-order valence-corrected chi connectivity index (χ2v) is 15.9. The number of carbonyl (C=O) groups excluding carboxylic acids is 2. The van der Waals surface area contributed by atoms with E-state index in [1.165, 1.54) is 19.1 Å². The Labute approximate surface area is 339 Å². The molecule has 2 saturated heterocycles. The van der Waals surface area contributed by atoms with Crippen molar-refractivity contribution in [3.63, 3.8) is 0 Å². The highest BCUT2D eigenvalue weighted by atomic mass is 19.4. The standard InChI is InChI=1S/C42H40F8N4O6/c1-21-32(41(45,46)47)27(17-30(33(21)44)52(18-22-7-11-25(57-5)12-8-22)19-23-9-13-26(58-6)14-10-23)34-29(43)16-28-37(51-34)59-36(42(48,49)50)35-31-15-24(54(35)38(28)55)20-53(31)39(56)60-40(2,3)4/h7-14,16-17,24,31,35-36H,15,18-20H2,1-6H3/t24-,31-,35+,36-/m0/s1. The van der Waals surface area contributed by atoms with Gasteiger partial charge in [-0.1, -0.05) is 24.3 Å². The predicted octanol–water partition coefficient (Wildman–Crippen LogP) is 9.10. The zero-order valence-electron chi connectivity index (χ0n) is 33.2. The van der Waals surface area contributed by atoms with E-state index < -0.39 is 105 Å². The van der Waals surface area contributed by atoms with Gasteiger partial charge in [-0.2, -0.15) is 26.3 Å². The molecule has 0 unspecified atom stereocenters. The molecule has 4 heterocycles. The molecule has 4 atom stereocenters. The monoisotopic (exact) mass is 848 g/mol. The van der Waals surface area contributed by atoms with Crippen LogP contribution in [0.1, 0.15) is 59.8 Å². The lowest BCUT2D eigenvalue weighted by atomic mass is 9.95. The number of methoxy groups -OCH3 is 2. The number of nitrogens with zero attached hydrogens (tertiary/aromatic N) is 4. The normalized spacial score (nSPS) is 20.0. The number of hydrogen-bond donors (Lipinski definition) is 0. The van der Waals surface area contributed by atoms with Crippen LogP contribution in [0.4, 0.5) is 45.6 Å². The van der Waals surface area contributed by atoms with Crippen LogP contribution in [0.15, 0.2) is 60.7 Å². The SMILES string of the molecule is COc1ccc(CN(Cc2ccc(OC)cc2)c2cc(-c3nc4c(cc3F)C(=O)N3[C@H]5C[C@@H]([C@@H]3[C@@H](C(F)(F)F)O4)N(C(=O)OC(C)(C)C)C5)c(C(F)(F)F)c(C)c2F)cc1. The third-order valence-corrected chi connectivity index (χ3v) is 10.8. The molecule has 60 heavy (non-hydrogen) atoms. The Kier molecular flexibility index (Phi) is 10.8. The Balaban J connectivity index is 1.36. The van der Waals surface area contributed by atoms with Gasteiger partial charge in [-0.3, -0.25) is 4.79 Å². The van der Waals surface area contributed by atoms with Crippen LogP contribution in [-0.4, -0.2) is 83.6 Å². The van der Waals surface area contributed by atoms with Crippen molar-refractivity contribution in [1.29, 1.82) is 0 Å². The minimum atomic E-state index is -5.32. The molecule has 0 spiro atoms. The van der Waals surface area contributed by atoms with Crippen LogP contribution in [0.3, 0.4) is 0 Å². The van der Waals surface area contributed by atoms with E-state index in [1.54, 1.807) is 69.3 Å². The van der Waals surface area contributed by atoms with Gasteiger partial charge in [0.25, 0.3) is 5.91 Å². The number of rotatable bonds is 8. The predicted molar refractivity (Wildman–Crippen MR) is 201 cm³/mol. The number of amides is 2. The smallest absolute Gasteiger partial charge is 0.427 e. The van der Waals surface area contributed by atoms with Crippen molar-refractivity contribution in [3.05, 3.63) is 100 Å². The number of benzene rings is 3. The summed E-state index contributed by atoms with van der Waals surface area (Å²) in [6, 6.07) is 10.4. The van der Waals surface area contributed by atoms with Crippen LogP contribution in [-0.2, 0) is 24.0 Å². The van der Waals surface area contributed by atoms with E-state index in [9.17, 15) is 22.8 Å². The molecule has 10 nitrogen and oxygen atoms in total. The van der Waals surface area contributed by atoms with Gasteiger partial charge in [0.15, 0.2) is 5.82 Å². The molecule has 0 radical (unpaired) electrons. The van der Waals surface area contributed by atoms with Crippen LogP contribution in [0.25, 0.3) is 11.3 Å². The number of ether oxygens (including phenoxy) is 4. The lowest BCUT2D eigenvalue weighted by molar-refractivity contribution is -0.214. The first kappa shape index (κ1) is 42.3. The topological polar surface area (TPSA) is 93.7 Å². The van der Waals surface area contributed by atoms with E-state index in [1.807, 2.05) is 0 Å². The molecule has 0 saturated carbocycles. The molecular weight excluding hydrogens is 808 g/mol. The third kappa shape index (κ3) is 7.95. The number of aromatic nitrogens is 1. The second-order valence-electron chi connectivity index (χ2n) is 15.9. The van der Waals surface area contributed by atoms with Crippen LogP contribution in [0.5, 0.6) is 17.4 Å². The van der Waals surface area contributed by atoms with Gasteiger partial charge in [-0.15, -0.1) is 0 Å². The molecule has 2 amide bonds. The lowest BCUT2D eigenvalue weighted by Crippen LogP contribution is -2.63. The number of fused-ring (bicyclic) bond motifs is 6. The summed E-state index contributed by atoms with van der Waals surface area (Å²) in [4.78, 5) is 34.4. The molecule has 2 fully saturated rings. The van der Waals surface area contributed by atoms with Gasteiger partial charge in [-0.25, -0.2) is 18.6 Å². The Morgan fingerprint density at radius 3 is 1.95 bits per heavy atom. The highest BCUT2D eigenvalue weighted by Crippen LogP contribution is 2.48. The first-order valence-corrected chi connectivity index (χ1v) is 18.8. The average Bonchev–Trinajstić information content (AvgIpc) is 3.73. The van der Waals surface area contributed by atoms with Crippen molar-refractivity contribution in [2.75, 3.05) is 25.7 Å². The van der Waals surface area contributed by atoms with Crippen molar-refractivity contribution in [1.82, 2.24) is 14.8 Å². The molecular formula is C42H40F8N4O6. The van der Waals surface area contributed by atoms with Crippen molar-refractivity contribution < 1.29 is 63.7 Å². The van der Waals surface area contributed by atoms with Crippen molar-refractivity contribution in [2.45, 2.75) is 89.4 Å². The van der Waals surface area contributed by atoms with Gasteiger partial charge >= 0.3 is 18.4 Å². The van der Waals surface area contributed by atoms with E-state index >= 15 is 22.0 Å². The number of carbonyl (C=O) groups is 2. The zero-order valence-corrected chi connectivity index (χ0v) is 33.2. The molecule has 3 aliphatic rings. The van der Waals surface area contributed by atoms with Gasteiger partial charge in [0, 0.05) is 25.2 Å². The number of halogens is 8. The molecule has 7 rings (SSSR count). The highest BCUT2D eigenvalue weighted by Gasteiger charge is 2.64. The molecule has 3 aromatic carbocycles. The fourth-order valence-corrected chi connectivity index (χ4v) is 8.16. The summed E-state index contributed by atoms with van der Waals surface area (Å²) >= 11 is 0. The van der Waals surface area contributed by atoms with Gasteiger partial charge in [0.2, 0.25) is 12.0 Å². The first-order valence-electron chi connectivity index (χ1n) is 18.8. The Bertz CT molecular complexity index is 2250. The second kappa shape index (κ2) is 15.3. The third-order valence-electron chi connectivity index (χ3n) is 10.8. The van der Waals surface area contributed by atoms with Gasteiger partial charge in [0.1, 0.15) is 34.2 Å². The maximum absolute atomic E-state index is 16.5. The fourth-order valence-electron chi connectivity index (χ4n) is 8.16. The Morgan fingerprint density at radius 1 is 0.883 bits per heavy atom. The van der Waals surface area contributed by atoms with Gasteiger partial charge < -0.3 is 33.6 Å². The number of likely N-dealkylation sites (tertiary alicyclic amines) is 1. The number of hydrogen-bond acceptors (Lipinski definition) is 8. The maximum atomic E-state index is 16.5. The number of alkyl halides is 6. The summed E-state index contributed by atoms with van der Waals surface area (Å²) in [5, 5.41) is 0. The number of pyridine rings is 1. The molecule has 1 aromatic heterocycles. The minimum Gasteiger partial charge on any atom is -0.497 e. The molecule has 18 heteroatoms. The van der Waals surface area contributed by atoms with Crippen molar-refractivity contribution >= 4 is 17.7 Å². The molecule has 4 aromatic rings. The van der Waals surface area contributed by atoms with E-state index in [-0.39, 0.29) is 26.1 Å². The minimum absolute atomic E-state index is 0.0644. The zero-order chi connectivity index (χ0) is 43.6. The Morgan fingerprint density at radius 2 is 1.45 bits per heavy atom. The van der Waals surface area contributed by atoms with Gasteiger partial charge in [0.05, 0.1) is 43.6 Å². The molecule has 2 bridgehead atoms. The summed E-state index contributed by atoms with van der Waals surface area (Å²) in [6.45, 7) is 5.23. The number of piperazine rings is 1. The highest BCUT2D eigenvalue weighted by molar-refractivity contribution is 5.98. The van der Waals surface area contributed by atoms with Crippen molar-refractivity contribution in [3.8, 4) is 28.6 Å². The van der Waals surface area contributed by atoms with Crippen LogP contribution in [0, 0.1) is 18.6 Å². The first-order chi connectivity index (χ1) is 28.1. The molecule has 0 N–H and O–H groups in total. The average molecular weight is 849 g/mol. The molecule has 3 aliphatic heterocycles. The van der Waals surface area contributed by atoms with E-state index in [4.69, 9.17) is 18.9 Å².